The number of carbonyl (C=O) groups excluding carboxylic acids is 2. The number of hydrogen-bond donors (Lipinski definition) is 2. The molecule has 146 valence electrons. The molecule has 0 aromatic heterocycles. The van der Waals surface area contributed by atoms with Gasteiger partial charge in [-0.25, -0.2) is 13.2 Å². The molecule has 28 heavy (non-hydrogen) atoms. The van der Waals surface area contributed by atoms with E-state index < -0.39 is 35.3 Å². The molecule has 3 rings (SSSR count). The van der Waals surface area contributed by atoms with Gasteiger partial charge in [0.05, 0.1) is 5.69 Å². The Kier molecular flexibility index (Phi) is 5.62. The molecule has 9 heteroatoms. The minimum Gasteiger partial charge on any atom is -0.368 e. The number of rotatable bonds is 6. The van der Waals surface area contributed by atoms with E-state index in [-0.39, 0.29) is 25.1 Å². The maximum Gasteiger partial charge on any atom is 0.267 e. The van der Waals surface area contributed by atoms with Gasteiger partial charge in [-0.1, -0.05) is 0 Å². The summed E-state index contributed by atoms with van der Waals surface area (Å²) >= 11 is 0. The van der Waals surface area contributed by atoms with Crippen LogP contribution in [0.25, 0.3) is 0 Å². The largest absolute Gasteiger partial charge is 0.368 e. The topological polar surface area (TPSA) is 87.8 Å². The van der Waals surface area contributed by atoms with Crippen LogP contribution < -0.4 is 16.1 Å². The van der Waals surface area contributed by atoms with Gasteiger partial charge in [-0.15, -0.1) is 0 Å². The minimum atomic E-state index is -0.872. The molecule has 2 aromatic rings. The molecular weight excluding hydrogens is 373 g/mol. The lowest BCUT2D eigenvalue weighted by Gasteiger charge is -2.20. The molecule has 0 radical (unpaired) electrons. The smallest absolute Gasteiger partial charge is 0.267 e. The van der Waals surface area contributed by atoms with Gasteiger partial charge in [0, 0.05) is 19.0 Å². The third-order valence-corrected chi connectivity index (χ3v) is 4.21. The Morgan fingerprint density at radius 2 is 1.71 bits per heavy atom. The molecule has 0 fully saturated rings. The van der Waals surface area contributed by atoms with Gasteiger partial charge in [-0.3, -0.25) is 14.6 Å². The van der Waals surface area contributed by atoms with Crippen LogP contribution in [0.1, 0.15) is 12.0 Å². The van der Waals surface area contributed by atoms with Crippen LogP contribution in [-0.4, -0.2) is 30.1 Å². The molecular formula is C19H17F3N4O2. The molecule has 0 aliphatic carbocycles. The molecule has 1 heterocycles. The number of nitrogens with zero attached hydrogens (tertiary/aromatic N) is 2. The Bertz CT molecular complexity index is 911. The van der Waals surface area contributed by atoms with E-state index >= 15 is 0 Å². The standard InChI is InChI=1S/C19H17F3N4O2/c20-12-1-3-15(4-2-12)26-17(18(23)27)10-16(25-26)19(28)24-6-5-11-7-13(21)9-14(22)8-11/h1-4,7-9,17H,5-6,10H2,(H2,23,27)(H,24,28). The van der Waals surface area contributed by atoms with Crippen molar-refractivity contribution >= 4 is 23.2 Å². The highest BCUT2D eigenvalue weighted by atomic mass is 19.1. The van der Waals surface area contributed by atoms with E-state index in [0.29, 0.717) is 11.3 Å². The number of nitrogens with two attached hydrogens (primary N) is 1. The van der Waals surface area contributed by atoms with Gasteiger partial charge in [-0.05, 0) is 48.4 Å². The fraction of sp³-hybridized carbons (Fsp3) is 0.211. The van der Waals surface area contributed by atoms with Crippen molar-refractivity contribution < 1.29 is 22.8 Å². The molecule has 2 aromatic carbocycles. The first-order chi connectivity index (χ1) is 13.3. The highest BCUT2D eigenvalue weighted by Crippen LogP contribution is 2.24. The zero-order chi connectivity index (χ0) is 20.3. The average molecular weight is 390 g/mol. The quantitative estimate of drug-likeness (QED) is 0.790. The summed E-state index contributed by atoms with van der Waals surface area (Å²) in [7, 11) is 0. The van der Waals surface area contributed by atoms with Crippen molar-refractivity contribution in [1.29, 1.82) is 0 Å². The lowest BCUT2D eigenvalue weighted by molar-refractivity contribution is -0.119. The lowest BCUT2D eigenvalue weighted by Crippen LogP contribution is -2.40. The van der Waals surface area contributed by atoms with E-state index in [9.17, 15) is 22.8 Å². The fourth-order valence-electron chi connectivity index (χ4n) is 2.88. The molecule has 0 saturated heterocycles. The first-order valence-corrected chi connectivity index (χ1v) is 8.48. The van der Waals surface area contributed by atoms with E-state index in [1.807, 2.05) is 0 Å². The van der Waals surface area contributed by atoms with Gasteiger partial charge in [0.1, 0.15) is 29.2 Å². The summed E-state index contributed by atoms with van der Waals surface area (Å²) in [5.41, 5.74) is 6.29. The first kappa shape index (κ1) is 19.4. The maximum absolute atomic E-state index is 13.2. The van der Waals surface area contributed by atoms with Crippen LogP contribution in [-0.2, 0) is 16.0 Å². The summed E-state index contributed by atoms with van der Waals surface area (Å²) in [6.45, 7) is 0.124. The van der Waals surface area contributed by atoms with Gasteiger partial charge in [0.2, 0.25) is 5.91 Å². The second-order valence-corrected chi connectivity index (χ2v) is 6.27. The number of hydrazone groups is 1. The molecule has 3 N–H and O–H groups in total. The lowest BCUT2D eigenvalue weighted by atomic mass is 10.1. The van der Waals surface area contributed by atoms with Crippen molar-refractivity contribution in [3.05, 3.63) is 65.5 Å². The van der Waals surface area contributed by atoms with E-state index in [0.717, 1.165) is 6.07 Å². The highest BCUT2D eigenvalue weighted by Gasteiger charge is 2.34. The molecule has 1 atom stereocenters. The SMILES string of the molecule is NC(=O)C1CC(C(=O)NCCc2cc(F)cc(F)c2)=NN1c1ccc(F)cc1. The number of nitrogens with one attached hydrogen (secondary N) is 1. The Morgan fingerprint density at radius 1 is 1.07 bits per heavy atom. The second kappa shape index (κ2) is 8.12. The molecule has 6 nitrogen and oxygen atoms in total. The van der Waals surface area contributed by atoms with E-state index in [2.05, 4.69) is 10.4 Å². The third kappa shape index (κ3) is 4.48. The van der Waals surface area contributed by atoms with Crippen molar-refractivity contribution in [3.8, 4) is 0 Å². The number of carbonyl (C=O) groups is 2. The Balaban J connectivity index is 1.66. The van der Waals surface area contributed by atoms with Crippen LogP contribution in [0.4, 0.5) is 18.9 Å². The summed E-state index contributed by atoms with van der Waals surface area (Å²) in [6, 6.07) is 7.52. The maximum atomic E-state index is 13.2. The highest BCUT2D eigenvalue weighted by molar-refractivity contribution is 6.40. The van der Waals surface area contributed by atoms with Gasteiger partial charge >= 0.3 is 0 Å². The summed E-state index contributed by atoms with van der Waals surface area (Å²) < 4.78 is 39.5. The molecule has 1 unspecified atom stereocenters. The number of hydrogen-bond acceptors (Lipinski definition) is 4. The predicted molar refractivity (Wildman–Crippen MR) is 97.0 cm³/mol. The van der Waals surface area contributed by atoms with E-state index in [1.165, 1.54) is 41.4 Å². The van der Waals surface area contributed by atoms with Gasteiger partial charge in [-0.2, -0.15) is 5.10 Å². The number of amides is 2. The van der Waals surface area contributed by atoms with Crippen LogP contribution in [0.5, 0.6) is 0 Å². The van der Waals surface area contributed by atoms with Crippen molar-refractivity contribution in [2.45, 2.75) is 18.9 Å². The Hall–Kier alpha value is -3.36. The first-order valence-electron chi connectivity index (χ1n) is 8.48. The van der Waals surface area contributed by atoms with Crippen molar-refractivity contribution in [2.75, 3.05) is 11.6 Å². The van der Waals surface area contributed by atoms with Crippen LogP contribution in [0, 0.1) is 17.5 Å². The summed E-state index contributed by atoms with van der Waals surface area (Å²) in [5, 5.41) is 8.01. The second-order valence-electron chi connectivity index (χ2n) is 6.27. The predicted octanol–water partition coefficient (Wildman–Crippen LogP) is 1.88. The molecule has 1 aliphatic rings. The van der Waals surface area contributed by atoms with Crippen LogP contribution in [0.15, 0.2) is 47.6 Å². The molecule has 0 spiro atoms. The molecule has 0 bridgehead atoms. The fourth-order valence-corrected chi connectivity index (χ4v) is 2.88. The average Bonchev–Trinajstić information content (AvgIpc) is 3.07. The van der Waals surface area contributed by atoms with Gasteiger partial charge in [0.25, 0.3) is 5.91 Å². The molecule has 1 aliphatic heterocycles. The number of benzene rings is 2. The van der Waals surface area contributed by atoms with Crippen LogP contribution in [0.2, 0.25) is 0 Å². The van der Waals surface area contributed by atoms with Crippen molar-refractivity contribution in [3.63, 3.8) is 0 Å². The van der Waals surface area contributed by atoms with Gasteiger partial charge < -0.3 is 11.1 Å². The van der Waals surface area contributed by atoms with Gasteiger partial charge in [0.15, 0.2) is 0 Å². The summed E-state index contributed by atoms with van der Waals surface area (Å²) in [5.74, 6) is -3.03. The summed E-state index contributed by atoms with van der Waals surface area (Å²) in [6.07, 6.45) is 0.210. The zero-order valence-corrected chi connectivity index (χ0v) is 14.7. The number of primary amides is 1. The zero-order valence-electron chi connectivity index (χ0n) is 14.7. The normalized spacial score (nSPS) is 16.0. The Labute approximate surface area is 158 Å². The van der Waals surface area contributed by atoms with E-state index in [1.54, 1.807) is 0 Å². The monoisotopic (exact) mass is 390 g/mol. The van der Waals surface area contributed by atoms with Crippen LogP contribution >= 0.6 is 0 Å². The van der Waals surface area contributed by atoms with Crippen LogP contribution in [0.3, 0.4) is 0 Å². The summed E-state index contributed by atoms with van der Waals surface area (Å²) in [4.78, 5) is 24.1. The van der Waals surface area contributed by atoms with E-state index in [4.69, 9.17) is 5.73 Å². The Morgan fingerprint density at radius 3 is 2.32 bits per heavy atom. The molecule has 0 saturated carbocycles. The third-order valence-electron chi connectivity index (χ3n) is 4.21. The number of halogens is 3. The molecule has 2 amide bonds. The van der Waals surface area contributed by atoms with Crippen molar-refractivity contribution in [2.24, 2.45) is 10.8 Å². The number of anilines is 1. The minimum absolute atomic E-state index is 0.00681. The van der Waals surface area contributed by atoms with Crippen molar-refractivity contribution in [1.82, 2.24) is 5.32 Å².